The summed E-state index contributed by atoms with van der Waals surface area (Å²) in [6.07, 6.45) is 3.89. The van der Waals surface area contributed by atoms with Crippen LogP contribution in [-0.4, -0.2) is 71.8 Å². The number of aromatic amines is 2. The van der Waals surface area contributed by atoms with Crippen LogP contribution in [0.15, 0.2) is 43.8 Å². The Kier molecular flexibility index (Phi) is 6.16. The maximum absolute atomic E-state index is 12.3. The predicted molar refractivity (Wildman–Crippen MR) is 138 cm³/mol. The zero-order valence-electron chi connectivity index (χ0n) is 19.2. The monoisotopic (exact) mass is 630 g/mol. The topological polar surface area (TPSA) is 275 Å². The van der Waals surface area contributed by atoms with Gasteiger partial charge in [-0.1, -0.05) is 0 Å². The largest absolute Gasteiger partial charge is 0.353 e. The first kappa shape index (κ1) is 27.8. The van der Waals surface area contributed by atoms with Crippen molar-refractivity contribution in [3.8, 4) is 0 Å². The van der Waals surface area contributed by atoms with Crippen LogP contribution in [0, 0.1) is 0 Å². The van der Waals surface area contributed by atoms with Crippen LogP contribution >= 0.6 is 0 Å². The van der Waals surface area contributed by atoms with Gasteiger partial charge in [0, 0.05) is 0 Å². The van der Waals surface area contributed by atoms with Crippen LogP contribution in [0.1, 0.15) is 22.8 Å². The predicted octanol–water partition coefficient (Wildman–Crippen LogP) is 1.64. The fraction of sp³-hybridized carbons (Fsp3) is 0. The van der Waals surface area contributed by atoms with Gasteiger partial charge in [-0.3, -0.25) is 18.2 Å². The lowest BCUT2D eigenvalue weighted by molar-refractivity contribution is 0.481. The van der Waals surface area contributed by atoms with Crippen molar-refractivity contribution in [3.63, 3.8) is 0 Å². The average Bonchev–Trinajstić information content (AvgIpc) is 3.55. The van der Waals surface area contributed by atoms with E-state index in [2.05, 4.69) is 19.9 Å². The highest BCUT2D eigenvalue weighted by Gasteiger charge is 2.27. The summed E-state index contributed by atoms with van der Waals surface area (Å²) < 4.78 is 138. The fourth-order valence-corrected chi connectivity index (χ4v) is 7.29. The molecule has 0 radical (unpaired) electrons. The van der Waals surface area contributed by atoms with E-state index in [0.717, 1.165) is 48.6 Å². The minimum absolute atomic E-state index is 0.456. The Morgan fingerprint density at radius 3 is 0.800 bits per heavy atom. The molecule has 5 rings (SSSR count). The van der Waals surface area contributed by atoms with Crippen LogP contribution in [0.2, 0.25) is 0 Å². The van der Waals surface area contributed by atoms with Crippen LogP contribution in [0.25, 0.3) is 46.4 Å². The van der Waals surface area contributed by atoms with Gasteiger partial charge in [0.15, 0.2) is 0 Å². The highest BCUT2D eigenvalue weighted by Crippen LogP contribution is 2.32. The van der Waals surface area contributed by atoms with E-state index in [0.29, 0.717) is 0 Å². The van der Waals surface area contributed by atoms with Gasteiger partial charge in [0.2, 0.25) is 0 Å². The Balaban J connectivity index is 2.17. The van der Waals surface area contributed by atoms with Crippen LogP contribution in [0.3, 0.4) is 0 Å². The van der Waals surface area contributed by atoms with E-state index in [-0.39, 0.29) is 0 Å². The quantitative estimate of drug-likeness (QED) is 0.154. The lowest BCUT2D eigenvalue weighted by Crippen LogP contribution is -2.04. The first-order valence-corrected chi connectivity index (χ1v) is 16.2. The molecule has 0 fully saturated rings. The maximum atomic E-state index is 12.3. The van der Waals surface area contributed by atoms with E-state index >= 15 is 0 Å². The molecule has 3 aromatic heterocycles. The molecule has 210 valence electrons. The van der Waals surface area contributed by atoms with E-state index < -0.39 is 105 Å². The molecular weight excluding hydrogens is 617 g/mol. The third-order valence-corrected chi connectivity index (χ3v) is 9.37. The summed E-state index contributed by atoms with van der Waals surface area (Å²) in [4.78, 5) is 8.90. The molecule has 0 saturated heterocycles. The Hall–Kier alpha value is -3.76. The molecule has 3 aromatic rings. The molecule has 0 aliphatic carbocycles. The average molecular weight is 631 g/mol. The van der Waals surface area contributed by atoms with Crippen molar-refractivity contribution in [1.29, 1.82) is 0 Å². The molecule has 16 nitrogen and oxygen atoms in total. The zero-order chi connectivity index (χ0) is 29.4. The van der Waals surface area contributed by atoms with Crippen molar-refractivity contribution >= 4 is 86.8 Å². The second-order valence-electron chi connectivity index (χ2n) is 8.22. The van der Waals surface area contributed by atoms with Crippen molar-refractivity contribution in [1.82, 2.24) is 19.9 Å². The standard InChI is InChI=1S/C20H14N4O12S4/c25-37(26,27)17-9-1-2-10(21-9)18(38(28,29)30)12-5-6-14(23-12)20(40(34,35)36)16-8-7-15(24-16)19(39(31,32)33)13-4-3-11(17)22-13/h1-8,21,24H,(H,25,26,27)(H,28,29,30)(H,31,32,33)(H,34,35,36). The van der Waals surface area contributed by atoms with Gasteiger partial charge >= 0.3 is 0 Å². The lowest BCUT2D eigenvalue weighted by Gasteiger charge is -2.02. The molecule has 0 spiro atoms. The van der Waals surface area contributed by atoms with Crippen molar-refractivity contribution in [3.05, 3.63) is 47.0 Å². The van der Waals surface area contributed by atoms with Gasteiger partial charge < -0.3 is 9.97 Å². The molecule has 5 heterocycles. The van der Waals surface area contributed by atoms with Crippen molar-refractivity contribution in [2.24, 2.45) is 0 Å². The number of fused-ring (bicyclic) bond motifs is 8. The maximum Gasteiger partial charge on any atom is 0.298 e. The van der Waals surface area contributed by atoms with Crippen LogP contribution in [0.5, 0.6) is 0 Å². The molecule has 0 amide bonds. The number of rotatable bonds is 4. The van der Waals surface area contributed by atoms with Gasteiger partial charge in [-0.25, -0.2) is 9.97 Å². The number of hydrogen-bond donors (Lipinski definition) is 6. The summed E-state index contributed by atoms with van der Waals surface area (Å²) in [5.74, 6) is 0. The van der Waals surface area contributed by atoms with E-state index in [1.165, 1.54) is 0 Å². The minimum Gasteiger partial charge on any atom is -0.353 e. The van der Waals surface area contributed by atoms with Gasteiger partial charge in [0.05, 0.1) is 44.8 Å². The summed E-state index contributed by atoms with van der Waals surface area (Å²) in [5.41, 5.74) is -4.00. The minimum atomic E-state index is -5.14. The third-order valence-electron chi connectivity index (χ3n) is 5.59. The molecule has 0 saturated carbocycles. The summed E-state index contributed by atoms with van der Waals surface area (Å²) in [6.45, 7) is 0. The molecular formula is C20H14N4O12S4. The van der Waals surface area contributed by atoms with Crippen molar-refractivity contribution in [2.75, 3.05) is 0 Å². The number of hydrogen-bond acceptors (Lipinski definition) is 10. The molecule has 0 atom stereocenters. The normalized spacial score (nSPS) is 14.1. The number of H-pyrrole nitrogens is 2. The molecule has 2 aliphatic rings. The second kappa shape index (κ2) is 8.87. The Labute approximate surface area is 224 Å². The third kappa shape index (κ3) is 4.86. The molecule has 8 bridgehead atoms. The Bertz CT molecular complexity index is 2000. The van der Waals surface area contributed by atoms with Gasteiger partial charge in [-0.15, -0.1) is 0 Å². The van der Waals surface area contributed by atoms with Gasteiger partial charge in [0.1, 0.15) is 19.6 Å². The summed E-state index contributed by atoms with van der Waals surface area (Å²) in [7, 11) is -20.5. The number of nitrogens with one attached hydrogen (secondary N) is 2. The molecule has 40 heavy (non-hydrogen) atoms. The van der Waals surface area contributed by atoms with Crippen LogP contribution in [0.4, 0.5) is 0 Å². The highest BCUT2D eigenvalue weighted by molar-refractivity contribution is 7.87. The molecule has 0 aromatic carbocycles. The SMILES string of the molecule is O=S(=O)(O)c1c2nc(c(S(=O)(=O)O)c3ccc([nH]3)c(S(=O)(=O)O)c3nc(c(S(=O)(=O)O)c4ccc1[nH]4)C=C3)C=C2. The summed E-state index contributed by atoms with van der Waals surface area (Å²) >= 11 is 0. The van der Waals surface area contributed by atoms with Crippen molar-refractivity contribution in [2.45, 2.75) is 19.6 Å². The summed E-state index contributed by atoms with van der Waals surface area (Å²) in [6, 6.07) is 4.00. The van der Waals surface area contributed by atoms with E-state index in [1.807, 2.05) is 0 Å². The van der Waals surface area contributed by atoms with Gasteiger partial charge in [-0.05, 0) is 48.6 Å². The number of nitrogens with zero attached hydrogens (tertiary/aromatic N) is 2. The lowest BCUT2D eigenvalue weighted by atomic mass is 10.3. The zero-order valence-corrected chi connectivity index (χ0v) is 22.5. The fourth-order valence-electron chi connectivity index (χ4n) is 4.19. The molecule has 6 N–H and O–H groups in total. The first-order valence-electron chi connectivity index (χ1n) is 10.4. The Morgan fingerprint density at radius 2 is 0.625 bits per heavy atom. The van der Waals surface area contributed by atoms with E-state index in [9.17, 15) is 51.9 Å². The van der Waals surface area contributed by atoms with E-state index in [1.54, 1.807) is 0 Å². The molecule has 20 heteroatoms. The van der Waals surface area contributed by atoms with Crippen LogP contribution in [-0.2, 0) is 40.5 Å². The molecule has 2 aliphatic heterocycles. The van der Waals surface area contributed by atoms with Crippen LogP contribution < -0.4 is 0 Å². The number of aromatic nitrogens is 4. The first-order chi connectivity index (χ1) is 18.4. The second-order valence-corrected chi connectivity index (χ2v) is 13.7. The Morgan fingerprint density at radius 1 is 0.425 bits per heavy atom. The summed E-state index contributed by atoms with van der Waals surface area (Å²) in [5, 5.41) is 0. The van der Waals surface area contributed by atoms with Gasteiger partial charge in [0.25, 0.3) is 40.5 Å². The van der Waals surface area contributed by atoms with Crippen molar-refractivity contribution < 1.29 is 51.9 Å². The molecule has 0 unspecified atom stereocenters. The van der Waals surface area contributed by atoms with Gasteiger partial charge in [-0.2, -0.15) is 33.7 Å². The highest BCUT2D eigenvalue weighted by atomic mass is 32.2. The van der Waals surface area contributed by atoms with E-state index in [4.69, 9.17) is 0 Å². The smallest absolute Gasteiger partial charge is 0.298 e.